The van der Waals surface area contributed by atoms with E-state index in [1.165, 1.54) is 10.0 Å². The lowest BCUT2D eigenvalue weighted by Gasteiger charge is -2.29. The number of hydrogen-bond acceptors (Lipinski definition) is 4. The summed E-state index contributed by atoms with van der Waals surface area (Å²) in [7, 11) is 0. The molecule has 0 aromatic heterocycles. The summed E-state index contributed by atoms with van der Waals surface area (Å²) in [5.41, 5.74) is -0.724. The predicted octanol–water partition coefficient (Wildman–Crippen LogP) is 1.14. The molecule has 0 aliphatic carbocycles. The van der Waals surface area contributed by atoms with E-state index in [4.69, 9.17) is 0 Å². The Bertz CT molecular complexity index is 482. The number of carbonyl (C=O) groups is 2. The van der Waals surface area contributed by atoms with Crippen molar-refractivity contribution < 1.29 is 9.59 Å². The molecular weight excluding hydrogens is 232 g/mol. The van der Waals surface area contributed by atoms with E-state index in [-0.39, 0.29) is 22.6 Å². The molecule has 18 heavy (non-hydrogen) atoms. The first-order valence-electron chi connectivity index (χ1n) is 6.06. The van der Waals surface area contributed by atoms with Crippen molar-refractivity contribution >= 4 is 23.5 Å². The van der Waals surface area contributed by atoms with E-state index in [1.807, 2.05) is 27.7 Å². The quantitative estimate of drug-likeness (QED) is 0.645. The second kappa shape index (κ2) is 2.99. The van der Waals surface area contributed by atoms with E-state index >= 15 is 0 Å². The highest BCUT2D eigenvalue weighted by atomic mass is 16.2. The van der Waals surface area contributed by atoms with Gasteiger partial charge in [0.2, 0.25) is 11.8 Å². The Morgan fingerprint density at radius 2 is 1.17 bits per heavy atom. The summed E-state index contributed by atoms with van der Waals surface area (Å²) < 4.78 is 0. The van der Waals surface area contributed by atoms with Gasteiger partial charge in [-0.2, -0.15) is 10.0 Å². The standard InChI is InChI=1S/C12H16N4O2/c1-11(2)5-7(17)15-9(11)13-16-8(18)6-12(3,4)10(16)14-15/h5-6H2,1-4H3. The largest absolute Gasteiger partial charge is 0.272 e. The number of carbonyl (C=O) groups excluding carboxylic acids is 2. The van der Waals surface area contributed by atoms with Gasteiger partial charge in [0.05, 0.1) is 0 Å². The molecule has 3 rings (SSSR count). The van der Waals surface area contributed by atoms with Crippen molar-refractivity contribution in [2.45, 2.75) is 40.5 Å². The van der Waals surface area contributed by atoms with Crippen molar-refractivity contribution in [2.75, 3.05) is 0 Å². The number of hydrogen-bond donors (Lipinski definition) is 0. The van der Waals surface area contributed by atoms with Gasteiger partial charge in [-0.15, -0.1) is 10.2 Å². The molecule has 6 heteroatoms. The van der Waals surface area contributed by atoms with Gasteiger partial charge in [0.15, 0.2) is 11.7 Å². The summed E-state index contributed by atoms with van der Waals surface area (Å²) in [6.07, 6.45) is 0.760. The molecule has 3 aliphatic heterocycles. The van der Waals surface area contributed by atoms with Gasteiger partial charge in [-0.1, -0.05) is 27.7 Å². The van der Waals surface area contributed by atoms with E-state index in [2.05, 4.69) is 10.2 Å². The number of amidine groups is 2. The van der Waals surface area contributed by atoms with Crippen molar-refractivity contribution in [3.05, 3.63) is 0 Å². The number of fused-ring (bicyclic) bond motifs is 2. The topological polar surface area (TPSA) is 65.3 Å². The molecule has 0 N–H and O–H groups in total. The molecule has 96 valence electrons. The lowest BCUT2D eigenvalue weighted by molar-refractivity contribution is -0.128. The second-order valence-electron chi connectivity index (χ2n) is 6.38. The Balaban J connectivity index is 2.12. The first kappa shape index (κ1) is 11.4. The Morgan fingerprint density at radius 1 is 0.833 bits per heavy atom. The fourth-order valence-corrected chi connectivity index (χ4v) is 2.62. The highest BCUT2D eigenvalue weighted by Crippen LogP contribution is 2.40. The van der Waals surface area contributed by atoms with Gasteiger partial charge in [0.1, 0.15) is 0 Å². The summed E-state index contributed by atoms with van der Waals surface area (Å²) >= 11 is 0. The number of amides is 2. The van der Waals surface area contributed by atoms with Crippen LogP contribution >= 0.6 is 0 Å². The fraction of sp³-hybridized carbons (Fsp3) is 0.667. The van der Waals surface area contributed by atoms with Crippen molar-refractivity contribution in [1.82, 2.24) is 10.0 Å². The van der Waals surface area contributed by atoms with Gasteiger partial charge in [-0.25, -0.2) is 0 Å². The number of rotatable bonds is 0. The van der Waals surface area contributed by atoms with Gasteiger partial charge in [-0.05, 0) is 0 Å². The molecule has 0 aromatic rings. The Labute approximate surface area is 105 Å². The van der Waals surface area contributed by atoms with Crippen molar-refractivity contribution in [3.63, 3.8) is 0 Å². The van der Waals surface area contributed by atoms with Gasteiger partial charge in [0, 0.05) is 23.7 Å². The van der Waals surface area contributed by atoms with Crippen LogP contribution in [0, 0.1) is 10.8 Å². The molecule has 3 aliphatic rings. The monoisotopic (exact) mass is 248 g/mol. The van der Waals surface area contributed by atoms with Crippen LogP contribution < -0.4 is 0 Å². The van der Waals surface area contributed by atoms with Crippen LogP contribution in [-0.2, 0) is 9.59 Å². The summed E-state index contributed by atoms with van der Waals surface area (Å²) in [5, 5.41) is 11.5. The third kappa shape index (κ3) is 1.28. The maximum Gasteiger partial charge on any atom is 0.249 e. The molecule has 0 bridgehead atoms. The molecule has 0 unspecified atom stereocenters. The Hall–Kier alpha value is -1.72. The van der Waals surface area contributed by atoms with Gasteiger partial charge < -0.3 is 0 Å². The molecule has 2 saturated heterocycles. The second-order valence-corrected chi connectivity index (χ2v) is 6.38. The minimum Gasteiger partial charge on any atom is -0.272 e. The van der Waals surface area contributed by atoms with E-state index in [0.717, 1.165) is 0 Å². The minimum atomic E-state index is -0.362. The molecule has 3 heterocycles. The van der Waals surface area contributed by atoms with Gasteiger partial charge >= 0.3 is 0 Å². The average Bonchev–Trinajstić information content (AvgIpc) is 2.59. The fourth-order valence-electron chi connectivity index (χ4n) is 2.62. The van der Waals surface area contributed by atoms with Crippen molar-refractivity contribution in [3.8, 4) is 0 Å². The molecule has 0 radical (unpaired) electrons. The highest BCUT2D eigenvalue weighted by Gasteiger charge is 2.52. The van der Waals surface area contributed by atoms with E-state index in [1.54, 1.807) is 0 Å². The average molecular weight is 248 g/mol. The maximum atomic E-state index is 11.9. The Morgan fingerprint density at radius 3 is 1.50 bits per heavy atom. The van der Waals surface area contributed by atoms with Crippen LogP contribution in [0.3, 0.4) is 0 Å². The molecule has 0 aromatic carbocycles. The summed E-state index contributed by atoms with van der Waals surface area (Å²) in [5.74, 6) is 1.03. The van der Waals surface area contributed by atoms with Crippen LogP contribution in [0.1, 0.15) is 40.5 Å². The smallest absolute Gasteiger partial charge is 0.249 e. The van der Waals surface area contributed by atoms with Crippen LogP contribution in [0.15, 0.2) is 10.2 Å². The summed E-state index contributed by atoms with van der Waals surface area (Å²) in [6, 6.07) is 0. The molecular formula is C12H16N4O2. The van der Waals surface area contributed by atoms with E-state index in [0.29, 0.717) is 24.5 Å². The molecule has 6 nitrogen and oxygen atoms in total. The molecule has 0 spiro atoms. The van der Waals surface area contributed by atoms with Crippen LogP contribution in [0.4, 0.5) is 0 Å². The lowest BCUT2D eigenvalue weighted by Crippen LogP contribution is -2.42. The zero-order valence-corrected chi connectivity index (χ0v) is 11.0. The number of hydrazone groups is 2. The van der Waals surface area contributed by atoms with Crippen LogP contribution in [0.2, 0.25) is 0 Å². The normalized spacial score (nSPS) is 28.0. The third-order valence-corrected chi connectivity index (χ3v) is 3.66. The maximum absolute atomic E-state index is 11.9. The zero-order chi connectivity index (χ0) is 13.3. The SMILES string of the molecule is CC1(C)CC(=O)N2N=C3N(N=C21)C(=O)CC3(C)C. The van der Waals surface area contributed by atoms with Crippen LogP contribution in [0.5, 0.6) is 0 Å². The predicted molar refractivity (Wildman–Crippen MR) is 65.4 cm³/mol. The Kier molecular flexibility index (Phi) is 1.89. The van der Waals surface area contributed by atoms with Crippen LogP contribution in [0.25, 0.3) is 0 Å². The first-order valence-corrected chi connectivity index (χ1v) is 6.06. The molecule has 2 fully saturated rings. The van der Waals surface area contributed by atoms with Gasteiger partial charge in [0.25, 0.3) is 0 Å². The van der Waals surface area contributed by atoms with E-state index < -0.39 is 0 Å². The third-order valence-electron chi connectivity index (χ3n) is 3.66. The first-order chi connectivity index (χ1) is 8.22. The summed E-state index contributed by atoms with van der Waals surface area (Å²) in [6.45, 7) is 7.76. The zero-order valence-electron chi connectivity index (χ0n) is 11.0. The highest BCUT2D eigenvalue weighted by molar-refractivity contribution is 6.15. The minimum absolute atomic E-state index is 0.0546. The van der Waals surface area contributed by atoms with Crippen LogP contribution in [-0.4, -0.2) is 33.5 Å². The van der Waals surface area contributed by atoms with Crippen molar-refractivity contribution in [2.24, 2.45) is 21.0 Å². The van der Waals surface area contributed by atoms with Gasteiger partial charge in [-0.3, -0.25) is 9.59 Å². The van der Waals surface area contributed by atoms with E-state index in [9.17, 15) is 9.59 Å². The summed E-state index contributed by atoms with van der Waals surface area (Å²) in [4.78, 5) is 23.9. The molecule has 0 atom stereocenters. The molecule has 2 amide bonds. The lowest BCUT2D eigenvalue weighted by atomic mass is 9.91. The molecule has 0 saturated carbocycles. The van der Waals surface area contributed by atoms with Crippen molar-refractivity contribution in [1.29, 1.82) is 0 Å². The number of nitrogens with zero attached hydrogens (tertiary/aromatic N) is 4.